The molecule has 1 aliphatic heterocycles. The Morgan fingerprint density at radius 2 is 1.86 bits per heavy atom. The minimum atomic E-state index is -3.62. The highest BCUT2D eigenvalue weighted by Crippen LogP contribution is 2.33. The molecule has 1 saturated heterocycles. The number of esters is 1. The van der Waals surface area contributed by atoms with E-state index in [9.17, 15) is 17.6 Å². The topological polar surface area (TPSA) is 108 Å². The number of halogens is 1. The normalized spacial score (nSPS) is 20.0. The number of hydrogen-bond acceptors (Lipinski definition) is 8. The van der Waals surface area contributed by atoms with Crippen molar-refractivity contribution in [2.75, 3.05) is 17.6 Å². The molecule has 0 N–H and O–H groups in total. The number of carbonyl (C=O) groups excluding carboxylic acids is 1. The number of sulfonamides is 1. The lowest BCUT2D eigenvalue weighted by atomic mass is 9.97. The van der Waals surface area contributed by atoms with Crippen molar-refractivity contribution in [3.05, 3.63) is 47.4 Å². The van der Waals surface area contributed by atoms with E-state index in [0.717, 1.165) is 10.6 Å². The number of benzene rings is 1. The quantitative estimate of drug-likeness (QED) is 0.498. The van der Waals surface area contributed by atoms with Gasteiger partial charge >= 0.3 is 5.97 Å². The van der Waals surface area contributed by atoms with E-state index < -0.39 is 40.0 Å². The van der Waals surface area contributed by atoms with Crippen molar-refractivity contribution in [3.8, 4) is 11.3 Å². The van der Waals surface area contributed by atoms with Crippen LogP contribution in [0, 0.1) is 5.82 Å². The molecular weight excluding hydrogens is 489 g/mol. The second-order valence-electron chi connectivity index (χ2n) is 9.37. The fourth-order valence-corrected chi connectivity index (χ4v) is 4.15. The summed E-state index contributed by atoms with van der Waals surface area (Å²) < 4.78 is 56.0. The van der Waals surface area contributed by atoms with Crippen LogP contribution in [0.15, 0.2) is 30.3 Å². The molecule has 0 bridgehead atoms. The summed E-state index contributed by atoms with van der Waals surface area (Å²) in [6.07, 6.45) is 3.72. The van der Waals surface area contributed by atoms with Crippen molar-refractivity contribution in [1.29, 1.82) is 0 Å². The van der Waals surface area contributed by atoms with Crippen molar-refractivity contribution in [2.24, 2.45) is 0 Å². The first-order chi connectivity index (χ1) is 16.7. The number of rotatable bonds is 7. The molecule has 2 heterocycles. The minimum absolute atomic E-state index is 0.0102. The number of hydrogen-bond donors (Lipinski definition) is 0. The molecule has 1 aromatic carbocycles. The molecule has 0 saturated carbocycles. The molecule has 9 nitrogen and oxygen atoms in total. The van der Waals surface area contributed by atoms with E-state index in [1.165, 1.54) is 26.1 Å². The Morgan fingerprint density at radius 1 is 1.22 bits per heavy atom. The van der Waals surface area contributed by atoms with Crippen LogP contribution in [0.3, 0.4) is 0 Å². The van der Waals surface area contributed by atoms with Gasteiger partial charge in [0.2, 0.25) is 22.3 Å². The van der Waals surface area contributed by atoms with Crippen LogP contribution in [0.5, 0.6) is 0 Å². The molecule has 0 aliphatic carbocycles. The highest BCUT2D eigenvalue weighted by Gasteiger charge is 2.36. The molecule has 3 rings (SSSR count). The summed E-state index contributed by atoms with van der Waals surface area (Å²) in [6.45, 7) is 8.64. The monoisotopic (exact) mass is 521 g/mol. The first kappa shape index (κ1) is 27.7. The van der Waals surface area contributed by atoms with Crippen molar-refractivity contribution in [3.63, 3.8) is 0 Å². The van der Waals surface area contributed by atoms with Crippen LogP contribution in [0.4, 0.5) is 10.3 Å². The predicted molar refractivity (Wildman–Crippen MR) is 134 cm³/mol. The molecule has 1 fully saturated rings. The molecule has 0 amide bonds. The van der Waals surface area contributed by atoms with Crippen molar-refractivity contribution < 1.29 is 31.8 Å². The number of carbonyl (C=O) groups is 1. The molecular formula is C25H32FN3O6S. The Kier molecular flexibility index (Phi) is 8.17. The number of nitrogens with zero attached hydrogens (tertiary/aromatic N) is 3. The summed E-state index contributed by atoms with van der Waals surface area (Å²) in [5.74, 6) is -1.94. The molecule has 0 spiro atoms. The van der Waals surface area contributed by atoms with Gasteiger partial charge in [0.05, 0.1) is 23.7 Å². The number of aromatic nitrogens is 2. The third-order valence-corrected chi connectivity index (χ3v) is 6.62. The van der Waals surface area contributed by atoms with E-state index >= 15 is 0 Å². The van der Waals surface area contributed by atoms with Gasteiger partial charge in [-0.15, -0.1) is 0 Å². The van der Waals surface area contributed by atoms with E-state index in [2.05, 4.69) is 9.97 Å². The van der Waals surface area contributed by atoms with Gasteiger partial charge in [-0.05, 0) is 44.0 Å². The van der Waals surface area contributed by atoms with Gasteiger partial charge in [0.1, 0.15) is 5.82 Å². The lowest BCUT2D eigenvalue weighted by Gasteiger charge is -2.39. The predicted octanol–water partition coefficient (Wildman–Crippen LogP) is 4.25. The summed E-state index contributed by atoms with van der Waals surface area (Å²) in [7, 11) is -2.24. The SMILES string of the molecule is CC(=O)O[C@@H]1C[C@@H](C=Cc2c(-c3ccc(F)cc3)nc(N(C)S(C)(=O)=O)nc2C(C)C)OC(C)(C)O1. The molecule has 2 aromatic rings. The van der Waals surface area contributed by atoms with Crippen LogP contribution in [0.2, 0.25) is 0 Å². The highest BCUT2D eigenvalue weighted by atomic mass is 32.2. The zero-order valence-corrected chi connectivity index (χ0v) is 22.3. The van der Waals surface area contributed by atoms with E-state index in [1.54, 1.807) is 38.1 Å². The van der Waals surface area contributed by atoms with Crippen molar-refractivity contribution in [2.45, 2.75) is 65.1 Å². The zero-order valence-electron chi connectivity index (χ0n) is 21.5. The number of ether oxygens (including phenoxy) is 3. The Bertz CT molecular complexity index is 1250. The molecule has 1 aromatic heterocycles. The molecule has 1 aliphatic rings. The fraction of sp³-hybridized carbons (Fsp3) is 0.480. The summed E-state index contributed by atoms with van der Waals surface area (Å²) >= 11 is 0. The zero-order chi connectivity index (χ0) is 26.8. The fourth-order valence-electron chi connectivity index (χ4n) is 3.77. The summed E-state index contributed by atoms with van der Waals surface area (Å²) in [5.41, 5.74) is 2.28. The average molecular weight is 522 g/mol. The first-order valence-electron chi connectivity index (χ1n) is 11.5. The van der Waals surface area contributed by atoms with Gasteiger partial charge in [0, 0.05) is 31.5 Å². The van der Waals surface area contributed by atoms with Gasteiger partial charge in [0.15, 0.2) is 5.79 Å². The first-order valence-corrected chi connectivity index (χ1v) is 13.3. The van der Waals surface area contributed by atoms with Crippen LogP contribution >= 0.6 is 0 Å². The molecule has 2 atom stereocenters. The maximum Gasteiger partial charge on any atom is 0.304 e. The van der Waals surface area contributed by atoms with Crippen LogP contribution in [0.1, 0.15) is 58.2 Å². The lowest BCUT2D eigenvalue weighted by molar-refractivity contribution is -0.335. The van der Waals surface area contributed by atoms with Crippen LogP contribution < -0.4 is 4.31 Å². The minimum Gasteiger partial charge on any atom is -0.436 e. The Hall–Kier alpha value is -2.89. The average Bonchev–Trinajstić information content (AvgIpc) is 2.75. The largest absolute Gasteiger partial charge is 0.436 e. The third kappa shape index (κ3) is 6.86. The van der Waals surface area contributed by atoms with Crippen molar-refractivity contribution >= 4 is 28.0 Å². The highest BCUT2D eigenvalue weighted by molar-refractivity contribution is 7.92. The molecule has 0 unspecified atom stereocenters. The van der Waals surface area contributed by atoms with Crippen LogP contribution in [-0.4, -0.2) is 55.8 Å². The molecule has 0 radical (unpaired) electrons. The van der Waals surface area contributed by atoms with E-state index in [4.69, 9.17) is 14.2 Å². The Balaban J connectivity index is 2.13. The smallest absolute Gasteiger partial charge is 0.304 e. The van der Waals surface area contributed by atoms with Gasteiger partial charge in [0.25, 0.3) is 0 Å². The second kappa shape index (κ2) is 10.6. The van der Waals surface area contributed by atoms with Crippen LogP contribution in [-0.2, 0) is 29.0 Å². The summed E-state index contributed by atoms with van der Waals surface area (Å²) in [6, 6.07) is 5.78. The van der Waals surface area contributed by atoms with E-state index in [0.29, 0.717) is 22.5 Å². The van der Waals surface area contributed by atoms with Crippen LogP contribution in [0.25, 0.3) is 17.3 Å². The lowest BCUT2D eigenvalue weighted by Crippen LogP contribution is -2.45. The Morgan fingerprint density at radius 3 is 2.42 bits per heavy atom. The third-order valence-electron chi connectivity index (χ3n) is 5.46. The second-order valence-corrected chi connectivity index (χ2v) is 11.4. The maximum absolute atomic E-state index is 13.7. The summed E-state index contributed by atoms with van der Waals surface area (Å²) in [5, 5.41) is 0. The van der Waals surface area contributed by atoms with Gasteiger partial charge in [-0.2, -0.15) is 0 Å². The van der Waals surface area contributed by atoms with Gasteiger partial charge in [-0.1, -0.05) is 26.0 Å². The Labute approximate surface area is 211 Å². The van der Waals surface area contributed by atoms with Crippen molar-refractivity contribution in [1.82, 2.24) is 9.97 Å². The van der Waals surface area contributed by atoms with Gasteiger partial charge in [-0.25, -0.2) is 27.1 Å². The molecule has 11 heteroatoms. The van der Waals surface area contributed by atoms with E-state index in [1.807, 2.05) is 13.8 Å². The maximum atomic E-state index is 13.7. The summed E-state index contributed by atoms with van der Waals surface area (Å²) in [4.78, 5) is 20.6. The molecule has 36 heavy (non-hydrogen) atoms. The van der Waals surface area contributed by atoms with Gasteiger partial charge in [-0.3, -0.25) is 4.79 Å². The van der Waals surface area contributed by atoms with E-state index in [-0.39, 0.29) is 18.3 Å². The number of anilines is 1. The molecule has 196 valence electrons. The standard InChI is InChI=1S/C25H32FN3O6S/c1-15(2)22-20(13-12-19-14-21(33-16(3)30)35-25(4,5)34-19)23(17-8-10-18(26)11-9-17)28-24(27-22)29(6)36(7,31)32/h8-13,15,19,21H,14H2,1-7H3/t19-,21+/m1/s1. The van der Waals surface area contributed by atoms with Gasteiger partial charge < -0.3 is 14.2 Å².